The van der Waals surface area contributed by atoms with Gasteiger partial charge in [-0.2, -0.15) is 5.26 Å². The number of anilines is 2. The van der Waals surface area contributed by atoms with Crippen LogP contribution in [-0.2, 0) is 17.6 Å². The van der Waals surface area contributed by atoms with Gasteiger partial charge in [0.2, 0.25) is 5.91 Å². The maximum atomic E-state index is 14.0. The predicted molar refractivity (Wildman–Crippen MR) is 115 cm³/mol. The zero-order valence-corrected chi connectivity index (χ0v) is 16.7. The lowest BCUT2D eigenvalue weighted by molar-refractivity contribution is -0.117. The van der Waals surface area contributed by atoms with Crippen LogP contribution in [-0.4, -0.2) is 17.4 Å². The second-order valence-electron chi connectivity index (χ2n) is 7.57. The number of nitrogens with two attached hydrogens (primary N) is 1. The fourth-order valence-corrected chi connectivity index (χ4v) is 4.13. The molecule has 2 aromatic heterocycles. The van der Waals surface area contributed by atoms with Crippen LogP contribution in [0.4, 0.5) is 20.3 Å². The molecule has 0 saturated heterocycles. The number of nitrogen functional groups attached to an aromatic ring is 1. The molecule has 158 valence electrons. The van der Waals surface area contributed by atoms with Crippen LogP contribution in [0.5, 0.6) is 0 Å². The molecule has 0 spiro atoms. The molecule has 3 heterocycles. The van der Waals surface area contributed by atoms with Gasteiger partial charge in [-0.1, -0.05) is 6.07 Å². The summed E-state index contributed by atoms with van der Waals surface area (Å²) in [5, 5.41) is 9.85. The fraction of sp³-hybridized carbons (Fsp3) is 0.125. The summed E-state index contributed by atoms with van der Waals surface area (Å²) in [6.45, 7) is 0.447. The molecule has 0 saturated carbocycles. The number of hydrogen-bond donors (Lipinski definition) is 1. The van der Waals surface area contributed by atoms with E-state index in [2.05, 4.69) is 4.98 Å². The van der Waals surface area contributed by atoms with Crippen molar-refractivity contribution in [2.45, 2.75) is 12.8 Å². The fourth-order valence-electron chi connectivity index (χ4n) is 4.13. The SMILES string of the molecule is N#Cc1cnc(N)c2c(-c3ccc4c(c3)CCN4C(=O)Cc3cc(F)ccc3F)coc12. The summed E-state index contributed by atoms with van der Waals surface area (Å²) >= 11 is 0. The van der Waals surface area contributed by atoms with Crippen molar-refractivity contribution < 1.29 is 18.0 Å². The molecule has 0 radical (unpaired) electrons. The van der Waals surface area contributed by atoms with Crippen molar-refractivity contribution in [2.24, 2.45) is 0 Å². The Hall–Kier alpha value is -4.25. The standard InChI is InChI=1S/C24H16F2N4O2/c25-17-2-3-19(26)15(8-17)9-21(31)30-6-5-14-7-13(1-4-20(14)30)18-12-32-23-16(10-27)11-29-24(28)22(18)23/h1-4,7-8,11-12H,5-6,9H2,(H2,28,29). The first kappa shape index (κ1) is 19.7. The molecule has 0 fully saturated rings. The minimum atomic E-state index is -0.607. The molecule has 1 aliphatic heterocycles. The maximum absolute atomic E-state index is 14.0. The van der Waals surface area contributed by atoms with Crippen LogP contribution in [0, 0.1) is 23.0 Å². The average molecular weight is 430 g/mol. The average Bonchev–Trinajstić information content (AvgIpc) is 3.41. The van der Waals surface area contributed by atoms with Crippen LogP contribution in [0.2, 0.25) is 0 Å². The Morgan fingerprint density at radius 3 is 2.91 bits per heavy atom. The minimum absolute atomic E-state index is 0.0289. The van der Waals surface area contributed by atoms with Gasteiger partial charge in [0.25, 0.3) is 0 Å². The normalized spacial score (nSPS) is 12.7. The van der Waals surface area contributed by atoms with E-state index in [0.29, 0.717) is 35.1 Å². The number of hydrogen-bond acceptors (Lipinski definition) is 5. The largest absolute Gasteiger partial charge is 0.462 e. The highest BCUT2D eigenvalue weighted by molar-refractivity contribution is 6.03. The van der Waals surface area contributed by atoms with E-state index in [1.165, 1.54) is 12.5 Å². The first-order chi connectivity index (χ1) is 15.5. The molecule has 0 bridgehead atoms. The molecule has 0 unspecified atom stereocenters. The molecule has 8 heteroatoms. The van der Waals surface area contributed by atoms with Crippen molar-refractivity contribution in [3.05, 3.63) is 77.2 Å². The van der Waals surface area contributed by atoms with E-state index in [9.17, 15) is 18.8 Å². The van der Waals surface area contributed by atoms with Gasteiger partial charge >= 0.3 is 0 Å². The lowest BCUT2D eigenvalue weighted by Crippen LogP contribution is -2.30. The molecule has 6 nitrogen and oxygen atoms in total. The molecule has 32 heavy (non-hydrogen) atoms. The zero-order valence-electron chi connectivity index (χ0n) is 16.7. The van der Waals surface area contributed by atoms with E-state index in [1.54, 1.807) is 4.90 Å². The van der Waals surface area contributed by atoms with Gasteiger partial charge in [0.05, 0.1) is 24.3 Å². The van der Waals surface area contributed by atoms with Crippen molar-refractivity contribution in [3.63, 3.8) is 0 Å². The summed E-state index contributed by atoms with van der Waals surface area (Å²) in [5.41, 5.74) is 9.93. The number of fused-ring (bicyclic) bond motifs is 2. The summed E-state index contributed by atoms with van der Waals surface area (Å²) < 4.78 is 33.0. The quantitative estimate of drug-likeness (QED) is 0.521. The summed E-state index contributed by atoms with van der Waals surface area (Å²) in [6.07, 6.45) is 3.30. The second-order valence-corrected chi connectivity index (χ2v) is 7.57. The Morgan fingerprint density at radius 1 is 1.25 bits per heavy atom. The van der Waals surface area contributed by atoms with Crippen LogP contribution in [0.1, 0.15) is 16.7 Å². The van der Waals surface area contributed by atoms with Crippen molar-refractivity contribution in [1.29, 1.82) is 5.26 Å². The number of amides is 1. The summed E-state index contributed by atoms with van der Waals surface area (Å²) in [7, 11) is 0. The van der Waals surface area contributed by atoms with Crippen molar-refractivity contribution >= 4 is 28.4 Å². The Bertz CT molecular complexity index is 1440. The molecular formula is C24H16F2N4O2. The number of benzene rings is 2. The number of nitrogens with zero attached hydrogens (tertiary/aromatic N) is 3. The third-order valence-electron chi connectivity index (χ3n) is 5.68. The van der Waals surface area contributed by atoms with E-state index in [0.717, 1.165) is 35.0 Å². The molecule has 2 N–H and O–H groups in total. The number of aromatic nitrogens is 1. The highest BCUT2D eigenvalue weighted by Crippen LogP contribution is 2.38. The van der Waals surface area contributed by atoms with Gasteiger partial charge in [0, 0.05) is 23.4 Å². The van der Waals surface area contributed by atoms with Gasteiger partial charge in [-0.3, -0.25) is 4.79 Å². The Kier molecular flexibility index (Phi) is 4.59. The minimum Gasteiger partial charge on any atom is -0.462 e. The summed E-state index contributed by atoms with van der Waals surface area (Å²) in [5.74, 6) is -1.23. The molecule has 0 atom stereocenters. The van der Waals surface area contributed by atoms with Gasteiger partial charge in [-0.15, -0.1) is 0 Å². The summed E-state index contributed by atoms with van der Waals surface area (Å²) in [6, 6.07) is 10.7. The van der Waals surface area contributed by atoms with Crippen LogP contribution in [0.3, 0.4) is 0 Å². The molecule has 5 rings (SSSR count). The van der Waals surface area contributed by atoms with Gasteiger partial charge in [0.1, 0.15) is 29.1 Å². The van der Waals surface area contributed by atoms with E-state index < -0.39 is 11.6 Å². The molecule has 0 aliphatic carbocycles. The van der Waals surface area contributed by atoms with Crippen LogP contribution in [0.25, 0.3) is 22.1 Å². The number of carbonyl (C=O) groups is 1. The number of nitriles is 1. The number of rotatable bonds is 3. The topological polar surface area (TPSA) is 96.1 Å². The lowest BCUT2D eigenvalue weighted by atomic mass is 10.0. The lowest BCUT2D eigenvalue weighted by Gasteiger charge is -2.18. The van der Waals surface area contributed by atoms with Gasteiger partial charge in [0.15, 0.2) is 5.58 Å². The zero-order chi connectivity index (χ0) is 22.4. The third-order valence-corrected chi connectivity index (χ3v) is 5.68. The van der Waals surface area contributed by atoms with Crippen molar-refractivity contribution in [2.75, 3.05) is 17.2 Å². The highest BCUT2D eigenvalue weighted by atomic mass is 19.1. The van der Waals surface area contributed by atoms with E-state index in [4.69, 9.17) is 10.2 Å². The van der Waals surface area contributed by atoms with E-state index in [-0.39, 0.29) is 23.7 Å². The highest BCUT2D eigenvalue weighted by Gasteiger charge is 2.26. The Balaban J connectivity index is 1.47. The molecule has 1 amide bonds. The molecule has 1 aliphatic rings. The van der Waals surface area contributed by atoms with Crippen LogP contribution < -0.4 is 10.6 Å². The van der Waals surface area contributed by atoms with Gasteiger partial charge in [-0.05, 0) is 47.9 Å². The Morgan fingerprint density at radius 2 is 2.09 bits per heavy atom. The number of furan rings is 1. The van der Waals surface area contributed by atoms with Crippen LogP contribution in [0.15, 0.2) is 53.3 Å². The molecular weight excluding hydrogens is 414 g/mol. The second kappa shape index (κ2) is 7.46. The van der Waals surface area contributed by atoms with Gasteiger partial charge < -0.3 is 15.1 Å². The number of halogens is 2. The first-order valence-electron chi connectivity index (χ1n) is 9.89. The number of pyridine rings is 1. The monoisotopic (exact) mass is 430 g/mol. The Labute approximate surface area is 181 Å². The van der Waals surface area contributed by atoms with Crippen molar-refractivity contribution in [3.8, 4) is 17.2 Å². The smallest absolute Gasteiger partial charge is 0.231 e. The van der Waals surface area contributed by atoms with Crippen LogP contribution >= 0.6 is 0 Å². The van der Waals surface area contributed by atoms with Gasteiger partial charge in [-0.25, -0.2) is 13.8 Å². The van der Waals surface area contributed by atoms with E-state index in [1.807, 2.05) is 24.3 Å². The number of carbonyl (C=O) groups excluding carboxylic acids is 1. The third kappa shape index (κ3) is 3.15. The predicted octanol–water partition coefficient (Wildman–Crippen LogP) is 4.36. The molecule has 2 aromatic carbocycles. The summed E-state index contributed by atoms with van der Waals surface area (Å²) in [4.78, 5) is 18.5. The molecule has 4 aromatic rings. The van der Waals surface area contributed by atoms with E-state index >= 15 is 0 Å². The maximum Gasteiger partial charge on any atom is 0.231 e. The van der Waals surface area contributed by atoms with Crippen molar-refractivity contribution in [1.82, 2.24) is 4.98 Å². The first-order valence-corrected chi connectivity index (χ1v) is 9.89.